The van der Waals surface area contributed by atoms with Crippen molar-refractivity contribution in [1.29, 1.82) is 0 Å². The summed E-state index contributed by atoms with van der Waals surface area (Å²) in [6, 6.07) is 8.93. The molecule has 0 saturated carbocycles. The summed E-state index contributed by atoms with van der Waals surface area (Å²) in [4.78, 5) is 4.35. The SMILES string of the molecule is CCc1nccn1-c1cccc(C(C)NC)c1. The van der Waals surface area contributed by atoms with Crippen LogP contribution in [0.1, 0.15) is 31.3 Å². The average Bonchev–Trinajstić information content (AvgIpc) is 2.86. The van der Waals surface area contributed by atoms with Crippen LogP contribution in [0.2, 0.25) is 0 Å². The Balaban J connectivity index is 2.39. The lowest BCUT2D eigenvalue weighted by Gasteiger charge is -2.13. The molecule has 1 aromatic carbocycles. The second-order valence-corrected chi connectivity index (χ2v) is 4.17. The van der Waals surface area contributed by atoms with Gasteiger partial charge in [0.05, 0.1) is 0 Å². The maximum atomic E-state index is 4.35. The zero-order chi connectivity index (χ0) is 12.3. The Morgan fingerprint density at radius 1 is 1.41 bits per heavy atom. The molecule has 1 unspecified atom stereocenters. The molecule has 1 heterocycles. The van der Waals surface area contributed by atoms with E-state index in [1.54, 1.807) is 0 Å². The van der Waals surface area contributed by atoms with Gasteiger partial charge in [0.1, 0.15) is 5.82 Å². The van der Waals surface area contributed by atoms with Crippen LogP contribution in [0.4, 0.5) is 0 Å². The van der Waals surface area contributed by atoms with Crippen LogP contribution in [0.25, 0.3) is 5.69 Å². The third-order valence-electron chi connectivity index (χ3n) is 3.11. The van der Waals surface area contributed by atoms with Crippen LogP contribution in [-0.4, -0.2) is 16.6 Å². The predicted molar refractivity (Wildman–Crippen MR) is 70.4 cm³/mol. The van der Waals surface area contributed by atoms with Crippen molar-refractivity contribution in [2.24, 2.45) is 0 Å². The molecule has 2 rings (SSSR count). The number of aryl methyl sites for hydroxylation is 1. The minimum Gasteiger partial charge on any atom is -0.313 e. The minimum atomic E-state index is 0.364. The van der Waals surface area contributed by atoms with E-state index in [-0.39, 0.29) is 0 Å². The molecule has 90 valence electrons. The van der Waals surface area contributed by atoms with Crippen molar-refractivity contribution >= 4 is 0 Å². The summed E-state index contributed by atoms with van der Waals surface area (Å²) in [6.45, 7) is 4.28. The summed E-state index contributed by atoms with van der Waals surface area (Å²) >= 11 is 0. The quantitative estimate of drug-likeness (QED) is 0.873. The first-order valence-corrected chi connectivity index (χ1v) is 6.06. The molecule has 0 aliphatic heterocycles. The van der Waals surface area contributed by atoms with E-state index in [4.69, 9.17) is 0 Å². The van der Waals surface area contributed by atoms with E-state index in [2.05, 4.69) is 53.0 Å². The molecule has 2 aromatic rings. The normalized spacial score (nSPS) is 12.6. The lowest BCUT2D eigenvalue weighted by molar-refractivity contribution is 0.651. The third-order valence-corrected chi connectivity index (χ3v) is 3.11. The number of hydrogen-bond acceptors (Lipinski definition) is 2. The average molecular weight is 229 g/mol. The van der Waals surface area contributed by atoms with Crippen LogP contribution in [0.3, 0.4) is 0 Å². The van der Waals surface area contributed by atoms with E-state index in [0.29, 0.717) is 6.04 Å². The number of nitrogens with one attached hydrogen (secondary N) is 1. The van der Waals surface area contributed by atoms with E-state index < -0.39 is 0 Å². The molecule has 0 saturated heterocycles. The fourth-order valence-electron chi connectivity index (χ4n) is 1.94. The van der Waals surface area contributed by atoms with E-state index in [1.165, 1.54) is 11.3 Å². The fraction of sp³-hybridized carbons (Fsp3) is 0.357. The molecule has 0 aliphatic carbocycles. The number of nitrogens with zero attached hydrogens (tertiary/aromatic N) is 2. The van der Waals surface area contributed by atoms with Crippen LogP contribution < -0.4 is 5.32 Å². The van der Waals surface area contributed by atoms with Crippen molar-refractivity contribution in [1.82, 2.24) is 14.9 Å². The highest BCUT2D eigenvalue weighted by Crippen LogP contribution is 2.17. The zero-order valence-corrected chi connectivity index (χ0v) is 10.6. The predicted octanol–water partition coefficient (Wildman–Crippen LogP) is 2.72. The smallest absolute Gasteiger partial charge is 0.112 e. The number of hydrogen-bond donors (Lipinski definition) is 1. The Kier molecular flexibility index (Phi) is 3.59. The molecule has 0 spiro atoms. The number of rotatable bonds is 4. The summed E-state index contributed by atoms with van der Waals surface area (Å²) < 4.78 is 2.14. The maximum absolute atomic E-state index is 4.35. The molecule has 3 heteroatoms. The maximum Gasteiger partial charge on any atom is 0.112 e. The molecule has 0 aliphatic rings. The lowest BCUT2D eigenvalue weighted by Crippen LogP contribution is -2.12. The molecular weight excluding hydrogens is 210 g/mol. The van der Waals surface area contributed by atoms with Gasteiger partial charge in [0.15, 0.2) is 0 Å². The summed E-state index contributed by atoms with van der Waals surface area (Å²) in [5.41, 5.74) is 2.47. The largest absolute Gasteiger partial charge is 0.313 e. The summed E-state index contributed by atoms with van der Waals surface area (Å²) in [6.07, 6.45) is 4.81. The van der Waals surface area contributed by atoms with Crippen molar-refractivity contribution in [2.75, 3.05) is 7.05 Å². The second-order valence-electron chi connectivity index (χ2n) is 4.17. The van der Waals surface area contributed by atoms with Crippen LogP contribution in [0.15, 0.2) is 36.7 Å². The number of imidazole rings is 1. The van der Waals surface area contributed by atoms with Crippen molar-refractivity contribution in [2.45, 2.75) is 26.3 Å². The number of aromatic nitrogens is 2. The van der Waals surface area contributed by atoms with Crippen molar-refractivity contribution < 1.29 is 0 Å². The van der Waals surface area contributed by atoms with Crippen LogP contribution in [0.5, 0.6) is 0 Å². The van der Waals surface area contributed by atoms with E-state index in [9.17, 15) is 0 Å². The molecule has 17 heavy (non-hydrogen) atoms. The van der Waals surface area contributed by atoms with Crippen molar-refractivity contribution in [3.05, 3.63) is 48.0 Å². The first-order valence-electron chi connectivity index (χ1n) is 6.06. The van der Waals surface area contributed by atoms with Gasteiger partial charge in [-0.3, -0.25) is 0 Å². The highest BCUT2D eigenvalue weighted by Gasteiger charge is 2.06. The summed E-state index contributed by atoms with van der Waals surface area (Å²) in [7, 11) is 1.98. The van der Waals surface area contributed by atoms with Gasteiger partial charge in [-0.2, -0.15) is 0 Å². The zero-order valence-electron chi connectivity index (χ0n) is 10.6. The standard InChI is InChI=1S/C14H19N3/c1-4-14-16-8-9-17(14)13-7-5-6-12(10-13)11(2)15-3/h5-11,15H,4H2,1-3H3. The van der Waals surface area contributed by atoms with Gasteiger partial charge in [-0.1, -0.05) is 19.1 Å². The highest BCUT2D eigenvalue weighted by atomic mass is 15.1. The molecule has 0 amide bonds. The Morgan fingerprint density at radius 3 is 2.94 bits per heavy atom. The number of benzene rings is 1. The summed E-state index contributed by atoms with van der Waals surface area (Å²) in [5.74, 6) is 1.10. The van der Waals surface area contributed by atoms with Crippen molar-refractivity contribution in [3.63, 3.8) is 0 Å². The first-order chi connectivity index (χ1) is 8.26. The topological polar surface area (TPSA) is 29.9 Å². The van der Waals surface area contributed by atoms with Crippen LogP contribution in [-0.2, 0) is 6.42 Å². The van der Waals surface area contributed by atoms with Gasteiger partial charge in [0, 0.05) is 30.5 Å². The molecule has 1 N–H and O–H groups in total. The van der Waals surface area contributed by atoms with Gasteiger partial charge in [0.2, 0.25) is 0 Å². The van der Waals surface area contributed by atoms with E-state index in [1.807, 2.05) is 19.4 Å². The third kappa shape index (κ3) is 2.39. The van der Waals surface area contributed by atoms with Gasteiger partial charge >= 0.3 is 0 Å². The second kappa shape index (κ2) is 5.15. The highest BCUT2D eigenvalue weighted by molar-refractivity contribution is 5.38. The van der Waals surface area contributed by atoms with Crippen molar-refractivity contribution in [3.8, 4) is 5.69 Å². The Morgan fingerprint density at radius 2 is 2.24 bits per heavy atom. The molecule has 0 bridgehead atoms. The Bertz CT molecular complexity index is 488. The fourth-order valence-corrected chi connectivity index (χ4v) is 1.94. The van der Waals surface area contributed by atoms with Crippen LogP contribution in [0, 0.1) is 0 Å². The molecule has 0 fully saturated rings. The molecule has 0 radical (unpaired) electrons. The van der Waals surface area contributed by atoms with Gasteiger partial charge in [-0.05, 0) is 31.7 Å². The molecule has 3 nitrogen and oxygen atoms in total. The first kappa shape index (κ1) is 11.9. The van der Waals surface area contributed by atoms with Gasteiger partial charge < -0.3 is 9.88 Å². The van der Waals surface area contributed by atoms with E-state index in [0.717, 1.165) is 12.2 Å². The Hall–Kier alpha value is -1.61. The molecule has 1 aromatic heterocycles. The molecular formula is C14H19N3. The minimum absolute atomic E-state index is 0.364. The monoisotopic (exact) mass is 229 g/mol. The van der Waals surface area contributed by atoms with Crippen LogP contribution >= 0.6 is 0 Å². The van der Waals surface area contributed by atoms with Gasteiger partial charge in [0.25, 0.3) is 0 Å². The summed E-state index contributed by atoms with van der Waals surface area (Å²) in [5, 5.41) is 3.26. The van der Waals surface area contributed by atoms with Gasteiger partial charge in [-0.15, -0.1) is 0 Å². The van der Waals surface area contributed by atoms with Gasteiger partial charge in [-0.25, -0.2) is 4.98 Å². The molecule has 1 atom stereocenters. The Labute approximate surface area is 103 Å². The lowest BCUT2D eigenvalue weighted by atomic mass is 10.1. The van der Waals surface area contributed by atoms with E-state index >= 15 is 0 Å².